The van der Waals surface area contributed by atoms with E-state index in [2.05, 4.69) is 5.32 Å². The van der Waals surface area contributed by atoms with Crippen LogP contribution >= 0.6 is 0 Å². The van der Waals surface area contributed by atoms with Crippen molar-refractivity contribution in [1.82, 2.24) is 5.32 Å². The molecule has 20 heavy (non-hydrogen) atoms. The number of amides is 1. The number of hydrogen-bond donors (Lipinski definition) is 1. The summed E-state index contributed by atoms with van der Waals surface area (Å²) in [5, 5.41) is 2.67. The van der Waals surface area contributed by atoms with E-state index in [-0.39, 0.29) is 36.2 Å². The van der Waals surface area contributed by atoms with Gasteiger partial charge in [-0.3, -0.25) is 9.59 Å². The Morgan fingerprint density at radius 3 is 2.40 bits per heavy atom. The zero-order valence-corrected chi connectivity index (χ0v) is 13.1. The lowest BCUT2D eigenvalue weighted by Gasteiger charge is -2.19. The third kappa shape index (κ3) is 6.88. The van der Waals surface area contributed by atoms with Crippen molar-refractivity contribution in [3.63, 3.8) is 0 Å². The van der Waals surface area contributed by atoms with Crippen LogP contribution < -0.4 is 5.32 Å². The third-order valence-corrected chi connectivity index (χ3v) is 4.73. The highest BCUT2D eigenvalue weighted by molar-refractivity contribution is 7.91. The van der Waals surface area contributed by atoms with Gasteiger partial charge in [-0.1, -0.05) is 0 Å². The maximum atomic E-state index is 11.6. The van der Waals surface area contributed by atoms with Crippen LogP contribution in [0.5, 0.6) is 0 Å². The van der Waals surface area contributed by atoms with Crippen LogP contribution in [0.4, 0.5) is 0 Å². The van der Waals surface area contributed by atoms with Gasteiger partial charge in [0.15, 0.2) is 9.84 Å². The lowest BCUT2D eigenvalue weighted by Crippen LogP contribution is -2.31. The molecule has 1 N–H and O–H groups in total. The summed E-state index contributed by atoms with van der Waals surface area (Å²) in [4.78, 5) is 23.0. The first-order chi connectivity index (χ1) is 9.07. The molecule has 0 aromatic heterocycles. The van der Waals surface area contributed by atoms with E-state index in [0.717, 1.165) is 0 Å². The Morgan fingerprint density at radius 2 is 1.90 bits per heavy atom. The van der Waals surface area contributed by atoms with Crippen LogP contribution in [0.3, 0.4) is 0 Å². The van der Waals surface area contributed by atoms with Gasteiger partial charge in [-0.2, -0.15) is 0 Å². The molecule has 0 aromatic rings. The summed E-state index contributed by atoms with van der Waals surface area (Å²) in [7, 11) is -2.91. The Bertz CT molecular complexity index is 464. The molecule has 0 bridgehead atoms. The summed E-state index contributed by atoms with van der Waals surface area (Å²) in [5.74, 6) is -0.327. The maximum absolute atomic E-state index is 11.6. The molecule has 1 heterocycles. The summed E-state index contributed by atoms with van der Waals surface area (Å²) in [6.45, 7) is 5.66. The predicted molar refractivity (Wildman–Crippen MR) is 74.8 cm³/mol. The molecule has 0 radical (unpaired) electrons. The van der Waals surface area contributed by atoms with Crippen LogP contribution in [0.15, 0.2) is 0 Å². The molecule has 1 atom stereocenters. The number of ether oxygens (including phenoxy) is 1. The van der Waals surface area contributed by atoms with Gasteiger partial charge in [0, 0.05) is 13.0 Å². The van der Waals surface area contributed by atoms with Gasteiger partial charge in [0.25, 0.3) is 0 Å². The Kier molecular flexibility index (Phi) is 5.56. The van der Waals surface area contributed by atoms with Crippen molar-refractivity contribution in [2.24, 2.45) is 5.92 Å². The lowest BCUT2D eigenvalue weighted by molar-refractivity contribution is -0.155. The third-order valence-electron chi connectivity index (χ3n) is 2.89. The van der Waals surface area contributed by atoms with Crippen molar-refractivity contribution >= 4 is 21.7 Å². The Balaban J connectivity index is 2.20. The minimum absolute atomic E-state index is 0.00882. The van der Waals surface area contributed by atoms with Crippen molar-refractivity contribution in [2.45, 2.75) is 45.6 Å². The quantitative estimate of drug-likeness (QED) is 0.754. The fourth-order valence-corrected chi connectivity index (χ4v) is 3.85. The van der Waals surface area contributed by atoms with Crippen molar-refractivity contribution < 1.29 is 22.7 Å². The van der Waals surface area contributed by atoms with Crippen LogP contribution in [0.1, 0.15) is 40.0 Å². The standard InChI is InChI=1S/C13H23NO5S/c1-13(2,3)19-12(16)5-4-11(15)14-8-10-6-7-20(17,18)9-10/h10H,4-9H2,1-3H3,(H,14,15). The van der Waals surface area contributed by atoms with Gasteiger partial charge in [-0.15, -0.1) is 0 Å². The van der Waals surface area contributed by atoms with Crippen LogP contribution in [0.2, 0.25) is 0 Å². The molecule has 1 aliphatic rings. The second-order valence-electron chi connectivity index (χ2n) is 6.16. The van der Waals surface area contributed by atoms with E-state index in [0.29, 0.717) is 13.0 Å². The molecule has 0 aromatic carbocycles. The Hall–Kier alpha value is -1.11. The number of carbonyl (C=O) groups excluding carboxylic acids is 2. The second-order valence-corrected chi connectivity index (χ2v) is 8.39. The Labute approximate surface area is 120 Å². The number of rotatable bonds is 5. The van der Waals surface area contributed by atoms with Gasteiger partial charge in [-0.05, 0) is 33.1 Å². The van der Waals surface area contributed by atoms with Crippen molar-refractivity contribution in [2.75, 3.05) is 18.1 Å². The zero-order valence-electron chi connectivity index (χ0n) is 12.3. The largest absolute Gasteiger partial charge is 0.460 e. The highest BCUT2D eigenvalue weighted by Gasteiger charge is 2.28. The number of esters is 1. The van der Waals surface area contributed by atoms with E-state index in [1.807, 2.05) is 0 Å². The van der Waals surface area contributed by atoms with Crippen LogP contribution in [-0.2, 0) is 24.2 Å². The molecule has 1 amide bonds. The molecule has 1 rings (SSSR count). The number of sulfone groups is 1. The van der Waals surface area contributed by atoms with Gasteiger partial charge < -0.3 is 10.1 Å². The van der Waals surface area contributed by atoms with Crippen molar-refractivity contribution in [3.05, 3.63) is 0 Å². The summed E-state index contributed by atoms with van der Waals surface area (Å²) < 4.78 is 27.6. The molecular weight excluding hydrogens is 282 g/mol. The van der Waals surface area contributed by atoms with E-state index in [9.17, 15) is 18.0 Å². The zero-order chi connectivity index (χ0) is 15.4. The molecular formula is C13H23NO5S. The van der Waals surface area contributed by atoms with Gasteiger partial charge in [-0.25, -0.2) is 8.42 Å². The van der Waals surface area contributed by atoms with Crippen molar-refractivity contribution in [3.8, 4) is 0 Å². The normalized spacial score (nSPS) is 21.4. The highest BCUT2D eigenvalue weighted by atomic mass is 32.2. The van der Waals surface area contributed by atoms with E-state index in [1.165, 1.54) is 0 Å². The molecule has 1 fully saturated rings. The highest BCUT2D eigenvalue weighted by Crippen LogP contribution is 2.17. The van der Waals surface area contributed by atoms with Gasteiger partial charge in [0.1, 0.15) is 5.60 Å². The summed E-state index contributed by atoms with van der Waals surface area (Å²) >= 11 is 0. The monoisotopic (exact) mass is 305 g/mol. The summed E-state index contributed by atoms with van der Waals surface area (Å²) in [5.41, 5.74) is -0.550. The number of carbonyl (C=O) groups is 2. The first-order valence-electron chi connectivity index (χ1n) is 6.76. The number of hydrogen-bond acceptors (Lipinski definition) is 5. The van der Waals surface area contributed by atoms with Crippen LogP contribution in [-0.4, -0.2) is 43.9 Å². The van der Waals surface area contributed by atoms with E-state index < -0.39 is 21.4 Å². The number of nitrogens with one attached hydrogen (secondary N) is 1. The van der Waals surface area contributed by atoms with Crippen molar-refractivity contribution in [1.29, 1.82) is 0 Å². The molecule has 7 heteroatoms. The molecule has 0 aliphatic carbocycles. The minimum Gasteiger partial charge on any atom is -0.460 e. The van der Waals surface area contributed by atoms with Crippen LogP contribution in [0, 0.1) is 5.92 Å². The summed E-state index contributed by atoms with van der Waals surface area (Å²) in [6.07, 6.45) is 0.690. The maximum Gasteiger partial charge on any atom is 0.306 e. The average molecular weight is 305 g/mol. The second kappa shape index (κ2) is 6.56. The SMILES string of the molecule is CC(C)(C)OC(=O)CCC(=O)NCC1CCS(=O)(=O)C1. The average Bonchev–Trinajstić information content (AvgIpc) is 2.61. The Morgan fingerprint density at radius 1 is 1.25 bits per heavy atom. The fourth-order valence-electron chi connectivity index (χ4n) is 1.99. The molecule has 1 aliphatic heterocycles. The first kappa shape index (κ1) is 16.9. The fraction of sp³-hybridized carbons (Fsp3) is 0.846. The van der Waals surface area contributed by atoms with E-state index in [4.69, 9.17) is 4.74 Å². The first-order valence-corrected chi connectivity index (χ1v) is 8.58. The summed E-state index contributed by atoms with van der Waals surface area (Å²) in [6, 6.07) is 0. The molecule has 1 unspecified atom stereocenters. The predicted octanol–water partition coefficient (Wildman–Crippen LogP) is 0.659. The van der Waals surface area contributed by atoms with Gasteiger partial charge in [0.2, 0.25) is 5.91 Å². The molecule has 0 spiro atoms. The molecule has 0 saturated carbocycles. The van der Waals surface area contributed by atoms with E-state index in [1.54, 1.807) is 20.8 Å². The topological polar surface area (TPSA) is 89.5 Å². The minimum atomic E-state index is -2.91. The lowest BCUT2D eigenvalue weighted by atomic mass is 10.1. The molecule has 116 valence electrons. The van der Waals surface area contributed by atoms with Gasteiger partial charge in [0.05, 0.1) is 17.9 Å². The molecule has 1 saturated heterocycles. The van der Waals surface area contributed by atoms with Gasteiger partial charge >= 0.3 is 5.97 Å². The van der Waals surface area contributed by atoms with Crippen LogP contribution in [0.25, 0.3) is 0 Å². The smallest absolute Gasteiger partial charge is 0.306 e. The van der Waals surface area contributed by atoms with E-state index >= 15 is 0 Å². The molecule has 6 nitrogen and oxygen atoms in total.